The second-order valence-electron chi connectivity index (χ2n) is 6.95. The maximum absolute atomic E-state index is 12.9. The molecule has 3 aromatic rings. The quantitative estimate of drug-likeness (QED) is 0.319. The van der Waals surface area contributed by atoms with Crippen molar-refractivity contribution < 1.29 is 9.59 Å². The van der Waals surface area contributed by atoms with Crippen molar-refractivity contribution in [3.05, 3.63) is 82.8 Å². The minimum Gasteiger partial charge on any atom is -0.332 e. The Morgan fingerprint density at radius 2 is 1.56 bits per heavy atom. The highest BCUT2D eigenvalue weighted by Gasteiger charge is 2.40. The first-order chi connectivity index (χ1) is 15.4. The van der Waals surface area contributed by atoms with Crippen molar-refractivity contribution in [3.8, 4) is 0 Å². The lowest BCUT2D eigenvalue weighted by atomic mass is 10.3. The first-order valence-electron chi connectivity index (χ1n) is 9.62. The van der Waals surface area contributed by atoms with E-state index >= 15 is 0 Å². The summed E-state index contributed by atoms with van der Waals surface area (Å²) in [5.74, 6) is -0.532. The second kappa shape index (κ2) is 9.92. The fourth-order valence-corrected chi connectivity index (χ4v) is 4.77. The van der Waals surface area contributed by atoms with Crippen LogP contribution < -0.4 is 15.5 Å². The van der Waals surface area contributed by atoms with E-state index in [0.29, 0.717) is 20.8 Å². The number of hydrogen-bond acceptors (Lipinski definition) is 4. The van der Waals surface area contributed by atoms with E-state index in [9.17, 15) is 9.59 Å². The number of amides is 2. The maximum atomic E-state index is 12.9. The number of benzene rings is 3. The zero-order valence-corrected chi connectivity index (χ0v) is 19.7. The molecule has 1 fully saturated rings. The number of nitrogens with zero attached hydrogens (tertiary/aromatic N) is 1. The lowest BCUT2D eigenvalue weighted by Crippen LogP contribution is -2.31. The number of carbonyl (C=O) groups is 2. The molecule has 0 aliphatic carbocycles. The van der Waals surface area contributed by atoms with Crippen molar-refractivity contribution >= 4 is 81.2 Å². The molecule has 9 heteroatoms. The van der Waals surface area contributed by atoms with E-state index in [0.717, 1.165) is 16.3 Å². The smallest absolute Gasteiger partial charge is 0.247 e. The van der Waals surface area contributed by atoms with Crippen LogP contribution >= 0.6 is 47.2 Å². The van der Waals surface area contributed by atoms with E-state index in [1.54, 1.807) is 12.1 Å². The number of nitrogens with one attached hydrogen (secondary N) is 2. The molecule has 1 atom stereocenters. The zero-order valence-electron chi connectivity index (χ0n) is 16.5. The number of hydrogen-bond donors (Lipinski definition) is 2. The molecule has 0 radical (unpaired) electrons. The van der Waals surface area contributed by atoms with Crippen LogP contribution in [0.2, 0.25) is 10.0 Å². The lowest BCUT2D eigenvalue weighted by molar-refractivity contribution is -0.121. The molecule has 1 unspecified atom stereocenters. The van der Waals surface area contributed by atoms with Crippen molar-refractivity contribution in [2.45, 2.75) is 16.6 Å². The topological polar surface area (TPSA) is 61.4 Å². The molecule has 2 amide bonds. The van der Waals surface area contributed by atoms with Gasteiger partial charge >= 0.3 is 0 Å². The molecule has 0 saturated carbocycles. The van der Waals surface area contributed by atoms with Gasteiger partial charge in [-0.3, -0.25) is 9.59 Å². The molecule has 2 N–H and O–H groups in total. The number of imide groups is 1. The van der Waals surface area contributed by atoms with Crippen molar-refractivity contribution in [1.29, 1.82) is 0 Å². The summed E-state index contributed by atoms with van der Waals surface area (Å²) in [4.78, 5) is 27.4. The summed E-state index contributed by atoms with van der Waals surface area (Å²) in [6.45, 7) is 0. The van der Waals surface area contributed by atoms with Gasteiger partial charge in [-0.15, -0.1) is 11.8 Å². The molecule has 1 aliphatic rings. The Morgan fingerprint density at radius 1 is 0.906 bits per heavy atom. The molecule has 5 nitrogen and oxygen atoms in total. The van der Waals surface area contributed by atoms with Gasteiger partial charge in [0, 0.05) is 22.7 Å². The molecule has 0 aromatic heterocycles. The Balaban J connectivity index is 1.38. The first-order valence-corrected chi connectivity index (χ1v) is 11.7. The molecular weight excluding hydrogens is 485 g/mol. The van der Waals surface area contributed by atoms with E-state index in [-0.39, 0.29) is 18.2 Å². The standard InChI is InChI=1S/C23H17Cl2N3O2S2/c24-18-11-8-16(12-19(18)25)28-21(29)13-20(22(28)30)32-17-9-6-15(7-10-17)27-23(31)26-14-4-2-1-3-5-14/h1-12,20H,13H2,(H2,26,27,31). The largest absolute Gasteiger partial charge is 0.332 e. The van der Waals surface area contributed by atoms with Crippen molar-refractivity contribution in [2.24, 2.45) is 0 Å². The van der Waals surface area contributed by atoms with E-state index in [1.165, 1.54) is 22.7 Å². The predicted octanol–water partition coefficient (Wildman–Crippen LogP) is 6.23. The fraction of sp³-hybridized carbons (Fsp3) is 0.0870. The molecule has 32 heavy (non-hydrogen) atoms. The van der Waals surface area contributed by atoms with Crippen LogP contribution in [0.3, 0.4) is 0 Å². The van der Waals surface area contributed by atoms with Crippen LogP contribution in [0.1, 0.15) is 6.42 Å². The third-order valence-corrected chi connectivity index (χ3v) is 6.83. The van der Waals surface area contributed by atoms with Gasteiger partial charge in [0.2, 0.25) is 11.8 Å². The highest BCUT2D eigenvalue weighted by molar-refractivity contribution is 8.00. The summed E-state index contributed by atoms with van der Waals surface area (Å²) in [5.41, 5.74) is 2.14. The van der Waals surface area contributed by atoms with Crippen LogP contribution in [0.15, 0.2) is 77.7 Å². The molecule has 1 saturated heterocycles. The maximum Gasteiger partial charge on any atom is 0.247 e. The normalized spacial score (nSPS) is 15.7. The minimum absolute atomic E-state index is 0.120. The van der Waals surface area contributed by atoms with E-state index in [1.807, 2.05) is 54.6 Å². The van der Waals surface area contributed by atoms with Gasteiger partial charge in [-0.2, -0.15) is 0 Å². The zero-order chi connectivity index (χ0) is 22.7. The Morgan fingerprint density at radius 3 is 2.22 bits per heavy atom. The number of carbonyl (C=O) groups excluding carboxylic acids is 2. The molecule has 1 heterocycles. The fourth-order valence-electron chi connectivity index (χ4n) is 3.19. The summed E-state index contributed by atoms with van der Waals surface area (Å²) >= 11 is 18.7. The van der Waals surface area contributed by atoms with Gasteiger partial charge < -0.3 is 10.6 Å². The Hall–Kier alpha value is -2.58. The van der Waals surface area contributed by atoms with Gasteiger partial charge in [0.05, 0.1) is 21.0 Å². The van der Waals surface area contributed by atoms with Crippen LogP contribution in [0, 0.1) is 0 Å². The Labute approximate surface area is 205 Å². The molecule has 3 aromatic carbocycles. The Bertz CT molecular complexity index is 1170. The lowest BCUT2D eigenvalue weighted by Gasteiger charge is -2.15. The van der Waals surface area contributed by atoms with Crippen molar-refractivity contribution in [3.63, 3.8) is 0 Å². The van der Waals surface area contributed by atoms with E-state index in [2.05, 4.69) is 10.6 Å². The van der Waals surface area contributed by atoms with Crippen LogP contribution in [0.4, 0.5) is 17.1 Å². The summed E-state index contributed by atoms with van der Waals surface area (Å²) in [6.07, 6.45) is 0.120. The van der Waals surface area contributed by atoms with Gasteiger partial charge in [0.15, 0.2) is 5.11 Å². The average Bonchev–Trinajstić information content (AvgIpc) is 3.05. The summed E-state index contributed by atoms with van der Waals surface area (Å²) in [7, 11) is 0. The SMILES string of the molecule is O=C1CC(Sc2ccc(NC(=S)Nc3ccccc3)cc2)C(=O)N1c1ccc(Cl)c(Cl)c1. The number of halogens is 2. The van der Waals surface area contributed by atoms with Crippen molar-refractivity contribution in [1.82, 2.24) is 0 Å². The molecule has 0 spiro atoms. The molecule has 162 valence electrons. The van der Waals surface area contributed by atoms with Crippen molar-refractivity contribution in [2.75, 3.05) is 15.5 Å². The van der Waals surface area contributed by atoms with Gasteiger partial charge in [-0.05, 0) is 66.8 Å². The van der Waals surface area contributed by atoms with Crippen LogP contribution in [-0.4, -0.2) is 22.2 Å². The third-order valence-electron chi connectivity index (χ3n) is 4.69. The third kappa shape index (κ3) is 5.24. The molecule has 1 aliphatic heterocycles. The molecule has 4 rings (SSSR count). The first kappa shape index (κ1) is 22.6. The van der Waals surface area contributed by atoms with Gasteiger partial charge in [0.25, 0.3) is 0 Å². The highest BCUT2D eigenvalue weighted by atomic mass is 35.5. The predicted molar refractivity (Wildman–Crippen MR) is 136 cm³/mol. The van der Waals surface area contributed by atoms with Crippen LogP contribution in [0.25, 0.3) is 0 Å². The highest BCUT2D eigenvalue weighted by Crippen LogP contribution is 2.36. The summed E-state index contributed by atoms with van der Waals surface area (Å²) < 4.78 is 0. The number of anilines is 3. The number of thioether (sulfide) groups is 1. The molecular formula is C23H17Cl2N3O2S2. The van der Waals surface area contributed by atoms with Gasteiger partial charge in [0.1, 0.15) is 0 Å². The monoisotopic (exact) mass is 501 g/mol. The van der Waals surface area contributed by atoms with E-state index in [4.69, 9.17) is 35.4 Å². The number of thiocarbonyl (C=S) groups is 1. The van der Waals surface area contributed by atoms with Crippen LogP contribution in [-0.2, 0) is 9.59 Å². The van der Waals surface area contributed by atoms with E-state index < -0.39 is 5.25 Å². The summed E-state index contributed by atoms with van der Waals surface area (Å²) in [5, 5.41) is 6.87. The van der Waals surface area contributed by atoms with Gasteiger partial charge in [-0.1, -0.05) is 41.4 Å². The van der Waals surface area contributed by atoms with Crippen LogP contribution in [0.5, 0.6) is 0 Å². The Kier molecular flexibility index (Phi) is 7.01. The number of rotatable bonds is 5. The minimum atomic E-state index is -0.503. The summed E-state index contributed by atoms with van der Waals surface area (Å²) in [6, 6.07) is 21.9. The van der Waals surface area contributed by atoms with Gasteiger partial charge in [-0.25, -0.2) is 4.90 Å². The average molecular weight is 502 g/mol. The number of para-hydroxylation sites is 1. The second-order valence-corrected chi connectivity index (χ2v) is 9.44. The molecule has 0 bridgehead atoms.